The maximum atomic E-state index is 10.8. The van der Waals surface area contributed by atoms with Crippen molar-refractivity contribution in [2.24, 2.45) is 0 Å². The van der Waals surface area contributed by atoms with Crippen LogP contribution in [0, 0.1) is 6.92 Å². The van der Waals surface area contributed by atoms with Gasteiger partial charge in [0.05, 0.1) is 13.1 Å². The van der Waals surface area contributed by atoms with Crippen LogP contribution in [0.3, 0.4) is 0 Å². The van der Waals surface area contributed by atoms with Crippen molar-refractivity contribution in [1.82, 2.24) is 15.0 Å². The van der Waals surface area contributed by atoms with Crippen molar-refractivity contribution in [3.8, 4) is 11.3 Å². The number of aliphatic carboxylic acids is 1. The molecule has 1 aromatic carbocycles. The number of rotatable bonds is 6. The zero-order valence-electron chi connectivity index (χ0n) is 15.2. The third kappa shape index (κ3) is 5.30. The van der Waals surface area contributed by atoms with Crippen LogP contribution in [0.15, 0.2) is 34.9 Å². The number of nitrogens with zero attached hydrogens (tertiary/aromatic N) is 3. The topological polar surface area (TPSA) is 69.8 Å². The molecule has 0 amide bonds. The molecule has 3 rings (SSSR count). The molecule has 1 saturated heterocycles. The standard InChI is InChI=1S/C19H25N3O3.ClH/c1-14-3-5-15(6-4-14)18-11-17(25-20-18)12-22-9-7-16(8-10-22)21(2)13-19(23)24;/h3-6,11,16H,7-10,12-13H2,1-2H3,(H,23,24);1H. The average Bonchev–Trinajstić information content (AvgIpc) is 3.04. The second-order valence-electron chi connectivity index (χ2n) is 6.86. The molecule has 6 nitrogen and oxygen atoms in total. The van der Waals surface area contributed by atoms with Crippen molar-refractivity contribution in [2.45, 2.75) is 32.4 Å². The first-order valence-electron chi connectivity index (χ1n) is 8.68. The van der Waals surface area contributed by atoms with Gasteiger partial charge in [-0.3, -0.25) is 14.6 Å². The average molecular weight is 380 g/mol. The maximum absolute atomic E-state index is 10.8. The summed E-state index contributed by atoms with van der Waals surface area (Å²) in [5, 5.41) is 13.1. The molecule has 0 unspecified atom stereocenters. The van der Waals surface area contributed by atoms with Crippen molar-refractivity contribution in [3.05, 3.63) is 41.7 Å². The molecule has 0 aliphatic carbocycles. The number of hydrogen-bond donors (Lipinski definition) is 1. The van der Waals surface area contributed by atoms with Gasteiger partial charge in [-0.1, -0.05) is 35.0 Å². The molecule has 142 valence electrons. The van der Waals surface area contributed by atoms with Gasteiger partial charge in [0, 0.05) is 30.8 Å². The van der Waals surface area contributed by atoms with E-state index in [4.69, 9.17) is 9.63 Å². The first kappa shape index (κ1) is 20.4. The van der Waals surface area contributed by atoms with E-state index in [2.05, 4.69) is 41.2 Å². The van der Waals surface area contributed by atoms with E-state index in [9.17, 15) is 4.79 Å². The fourth-order valence-corrected chi connectivity index (χ4v) is 3.33. The molecule has 0 saturated carbocycles. The molecule has 2 aromatic rings. The Morgan fingerprint density at radius 1 is 1.31 bits per heavy atom. The highest BCUT2D eigenvalue weighted by Crippen LogP contribution is 2.22. The zero-order valence-corrected chi connectivity index (χ0v) is 16.0. The van der Waals surface area contributed by atoms with Crippen molar-refractivity contribution >= 4 is 18.4 Å². The third-order valence-electron chi connectivity index (χ3n) is 4.85. The van der Waals surface area contributed by atoms with Gasteiger partial charge >= 0.3 is 5.97 Å². The minimum atomic E-state index is -0.768. The molecular weight excluding hydrogens is 354 g/mol. The summed E-state index contributed by atoms with van der Waals surface area (Å²) in [6.45, 7) is 4.79. The van der Waals surface area contributed by atoms with Crippen molar-refractivity contribution < 1.29 is 14.4 Å². The van der Waals surface area contributed by atoms with Gasteiger partial charge in [0.1, 0.15) is 5.69 Å². The predicted octanol–water partition coefficient (Wildman–Crippen LogP) is 3.05. The largest absolute Gasteiger partial charge is 0.480 e. The number of carboxylic acid groups (broad SMARTS) is 1. The number of aryl methyl sites for hydroxylation is 1. The second-order valence-corrected chi connectivity index (χ2v) is 6.86. The van der Waals surface area contributed by atoms with E-state index in [1.54, 1.807) is 0 Å². The van der Waals surface area contributed by atoms with E-state index >= 15 is 0 Å². The van der Waals surface area contributed by atoms with E-state index in [1.807, 2.05) is 18.0 Å². The molecule has 26 heavy (non-hydrogen) atoms. The molecule has 1 aromatic heterocycles. The van der Waals surface area contributed by atoms with Crippen LogP contribution in [0.4, 0.5) is 0 Å². The van der Waals surface area contributed by atoms with Gasteiger partial charge in [-0.05, 0) is 26.8 Å². The van der Waals surface area contributed by atoms with Crippen molar-refractivity contribution in [3.63, 3.8) is 0 Å². The normalized spacial score (nSPS) is 15.8. The van der Waals surface area contributed by atoms with Crippen LogP contribution in [0.2, 0.25) is 0 Å². The number of piperidine rings is 1. The minimum absolute atomic E-state index is 0. The monoisotopic (exact) mass is 379 g/mol. The van der Waals surface area contributed by atoms with Gasteiger partial charge in [-0.2, -0.15) is 0 Å². The van der Waals surface area contributed by atoms with Gasteiger partial charge in [0.15, 0.2) is 5.76 Å². The first-order valence-corrected chi connectivity index (χ1v) is 8.68. The van der Waals surface area contributed by atoms with E-state index in [0.29, 0.717) is 6.04 Å². The molecule has 0 spiro atoms. The van der Waals surface area contributed by atoms with Crippen LogP contribution in [0.5, 0.6) is 0 Å². The summed E-state index contributed by atoms with van der Waals surface area (Å²) in [7, 11) is 1.89. The highest BCUT2D eigenvalue weighted by Gasteiger charge is 2.24. The Bertz CT molecular complexity index is 709. The summed E-state index contributed by atoms with van der Waals surface area (Å²) < 4.78 is 5.50. The predicted molar refractivity (Wildman–Crippen MR) is 102 cm³/mol. The fourth-order valence-electron chi connectivity index (χ4n) is 3.33. The molecule has 2 heterocycles. The second kappa shape index (κ2) is 9.16. The van der Waals surface area contributed by atoms with Crippen LogP contribution in [0.1, 0.15) is 24.2 Å². The molecule has 1 N–H and O–H groups in total. The Hall–Kier alpha value is -1.89. The number of halogens is 1. The Morgan fingerprint density at radius 2 is 1.96 bits per heavy atom. The van der Waals surface area contributed by atoms with Gasteiger partial charge in [0.2, 0.25) is 0 Å². The molecule has 0 bridgehead atoms. The number of aromatic nitrogens is 1. The molecule has 1 aliphatic heterocycles. The van der Waals surface area contributed by atoms with Crippen LogP contribution in [-0.2, 0) is 11.3 Å². The van der Waals surface area contributed by atoms with Crippen LogP contribution in [0.25, 0.3) is 11.3 Å². The highest BCUT2D eigenvalue weighted by molar-refractivity contribution is 5.85. The zero-order chi connectivity index (χ0) is 17.8. The lowest BCUT2D eigenvalue weighted by Crippen LogP contribution is -2.44. The van der Waals surface area contributed by atoms with E-state index in [-0.39, 0.29) is 19.0 Å². The lowest BCUT2D eigenvalue weighted by Gasteiger charge is -2.35. The molecular formula is C19H26ClN3O3. The summed E-state index contributed by atoms with van der Waals surface area (Å²) >= 11 is 0. The molecule has 1 fully saturated rings. The van der Waals surface area contributed by atoms with Gasteiger partial charge in [-0.25, -0.2) is 0 Å². The first-order chi connectivity index (χ1) is 12.0. The molecule has 1 aliphatic rings. The summed E-state index contributed by atoms with van der Waals surface area (Å²) in [6, 6.07) is 10.6. The number of carbonyl (C=O) groups is 1. The Labute approximate surface area is 160 Å². The Kier molecular flexibility index (Phi) is 7.20. The van der Waals surface area contributed by atoms with Gasteiger partial charge in [-0.15, -0.1) is 12.4 Å². The molecule has 0 atom stereocenters. The number of carboxylic acids is 1. The Balaban J connectivity index is 0.00000243. The summed E-state index contributed by atoms with van der Waals surface area (Å²) in [4.78, 5) is 15.1. The Morgan fingerprint density at radius 3 is 2.58 bits per heavy atom. The van der Waals surface area contributed by atoms with E-state index < -0.39 is 5.97 Å². The number of likely N-dealkylation sites (tertiary alicyclic amines) is 1. The van der Waals surface area contributed by atoms with E-state index in [0.717, 1.165) is 49.5 Å². The quantitative estimate of drug-likeness (QED) is 0.831. The van der Waals surface area contributed by atoms with Crippen molar-refractivity contribution in [1.29, 1.82) is 0 Å². The van der Waals surface area contributed by atoms with E-state index in [1.165, 1.54) is 5.56 Å². The third-order valence-corrected chi connectivity index (χ3v) is 4.85. The van der Waals surface area contributed by atoms with Crippen LogP contribution in [-0.4, -0.2) is 58.8 Å². The van der Waals surface area contributed by atoms with Crippen molar-refractivity contribution in [2.75, 3.05) is 26.7 Å². The smallest absolute Gasteiger partial charge is 0.317 e. The summed E-state index contributed by atoms with van der Waals surface area (Å²) in [5.74, 6) is 0.100. The van der Waals surface area contributed by atoms with Crippen LogP contribution < -0.4 is 0 Å². The number of likely N-dealkylation sites (N-methyl/N-ethyl adjacent to an activating group) is 1. The summed E-state index contributed by atoms with van der Waals surface area (Å²) in [5.41, 5.74) is 3.16. The molecule has 7 heteroatoms. The number of benzene rings is 1. The lowest BCUT2D eigenvalue weighted by molar-refractivity contribution is -0.138. The highest BCUT2D eigenvalue weighted by atomic mass is 35.5. The van der Waals surface area contributed by atoms with Gasteiger partial charge in [0.25, 0.3) is 0 Å². The lowest BCUT2D eigenvalue weighted by atomic mass is 10.0. The SMILES string of the molecule is Cc1ccc(-c2cc(CN3CCC(N(C)CC(=O)O)CC3)on2)cc1.Cl. The number of hydrogen-bond acceptors (Lipinski definition) is 5. The molecule has 0 radical (unpaired) electrons. The van der Waals surface area contributed by atoms with Crippen LogP contribution >= 0.6 is 12.4 Å². The maximum Gasteiger partial charge on any atom is 0.317 e. The fraction of sp³-hybridized carbons (Fsp3) is 0.474. The summed E-state index contributed by atoms with van der Waals surface area (Å²) in [6.07, 6.45) is 1.95. The minimum Gasteiger partial charge on any atom is -0.480 e. The van der Waals surface area contributed by atoms with Gasteiger partial charge < -0.3 is 9.63 Å².